The van der Waals surface area contributed by atoms with Gasteiger partial charge >= 0.3 is 0 Å². The van der Waals surface area contributed by atoms with E-state index < -0.39 is 5.91 Å². The monoisotopic (exact) mass is 327 g/mol. The fourth-order valence-electron chi connectivity index (χ4n) is 2.29. The molecule has 0 aliphatic rings. The Kier molecular flexibility index (Phi) is 4.12. The molecule has 1 amide bonds. The van der Waals surface area contributed by atoms with Crippen molar-refractivity contribution in [3.8, 4) is 17.1 Å². The number of carbonyl (C=O) groups is 1. The molecular weight excluding hydrogens is 314 g/mol. The van der Waals surface area contributed by atoms with Crippen LogP contribution in [0.25, 0.3) is 22.3 Å². The van der Waals surface area contributed by atoms with Gasteiger partial charge in [-0.2, -0.15) is 0 Å². The third kappa shape index (κ3) is 3.10. The standard InChI is InChI=1S/C17H14ClN3O2/c1-2-23-12-6-3-10(4-7-12)17-20-14-9-11(18)5-8-13(14)15(21-17)16(19)22/h3-9H,2H2,1H3,(H2,19,22). The van der Waals surface area contributed by atoms with Crippen LogP contribution < -0.4 is 10.5 Å². The van der Waals surface area contributed by atoms with Gasteiger partial charge < -0.3 is 10.5 Å². The summed E-state index contributed by atoms with van der Waals surface area (Å²) in [5, 5.41) is 1.11. The molecule has 1 heterocycles. The third-order valence-electron chi connectivity index (χ3n) is 3.32. The molecule has 5 nitrogen and oxygen atoms in total. The smallest absolute Gasteiger partial charge is 0.268 e. The molecular formula is C17H14ClN3O2. The number of carbonyl (C=O) groups excluding carboxylic acids is 1. The summed E-state index contributed by atoms with van der Waals surface area (Å²) < 4.78 is 5.41. The van der Waals surface area contributed by atoms with Gasteiger partial charge in [0.05, 0.1) is 12.1 Å². The summed E-state index contributed by atoms with van der Waals surface area (Å²) in [7, 11) is 0. The van der Waals surface area contributed by atoms with Gasteiger partial charge in [-0.15, -0.1) is 0 Å². The van der Waals surface area contributed by atoms with Crippen molar-refractivity contribution in [2.75, 3.05) is 6.61 Å². The third-order valence-corrected chi connectivity index (χ3v) is 3.55. The van der Waals surface area contributed by atoms with Crippen LogP contribution in [0.5, 0.6) is 5.75 Å². The highest BCUT2D eigenvalue weighted by molar-refractivity contribution is 6.31. The molecule has 0 radical (unpaired) electrons. The number of rotatable bonds is 4. The van der Waals surface area contributed by atoms with Crippen molar-refractivity contribution in [2.24, 2.45) is 5.73 Å². The Balaban J connectivity index is 2.15. The predicted molar refractivity (Wildman–Crippen MR) is 89.7 cm³/mol. The first-order chi connectivity index (χ1) is 11.1. The molecule has 0 fully saturated rings. The minimum absolute atomic E-state index is 0.176. The van der Waals surface area contributed by atoms with Gasteiger partial charge in [0.25, 0.3) is 5.91 Å². The number of halogens is 1. The van der Waals surface area contributed by atoms with E-state index in [0.29, 0.717) is 28.4 Å². The molecule has 0 saturated carbocycles. The largest absolute Gasteiger partial charge is 0.494 e. The van der Waals surface area contributed by atoms with E-state index in [1.54, 1.807) is 18.2 Å². The Hall–Kier alpha value is -2.66. The number of amides is 1. The topological polar surface area (TPSA) is 78.1 Å². The minimum atomic E-state index is -0.605. The minimum Gasteiger partial charge on any atom is -0.494 e. The van der Waals surface area contributed by atoms with Crippen molar-refractivity contribution in [2.45, 2.75) is 6.92 Å². The van der Waals surface area contributed by atoms with Crippen molar-refractivity contribution in [3.63, 3.8) is 0 Å². The van der Waals surface area contributed by atoms with Crippen LogP contribution in [-0.2, 0) is 0 Å². The highest BCUT2D eigenvalue weighted by Gasteiger charge is 2.13. The fraction of sp³-hybridized carbons (Fsp3) is 0.118. The summed E-state index contributed by atoms with van der Waals surface area (Å²) in [5.41, 5.74) is 6.96. The number of ether oxygens (including phenoxy) is 1. The number of fused-ring (bicyclic) bond motifs is 1. The Labute approximate surface area is 138 Å². The van der Waals surface area contributed by atoms with Crippen LogP contribution in [0.2, 0.25) is 5.02 Å². The first-order valence-corrected chi connectivity index (χ1v) is 7.46. The van der Waals surface area contributed by atoms with Gasteiger partial charge in [-0.25, -0.2) is 9.97 Å². The zero-order valence-electron chi connectivity index (χ0n) is 12.4. The second kappa shape index (κ2) is 6.22. The molecule has 2 N–H and O–H groups in total. The molecule has 0 bridgehead atoms. The van der Waals surface area contributed by atoms with Crippen LogP contribution in [0.4, 0.5) is 0 Å². The second-order valence-corrected chi connectivity index (χ2v) is 5.32. The van der Waals surface area contributed by atoms with Crippen molar-refractivity contribution >= 4 is 28.4 Å². The number of hydrogen-bond donors (Lipinski definition) is 1. The lowest BCUT2D eigenvalue weighted by atomic mass is 10.1. The molecule has 0 atom stereocenters. The van der Waals surface area contributed by atoms with Crippen LogP contribution in [0.15, 0.2) is 42.5 Å². The van der Waals surface area contributed by atoms with Gasteiger partial charge in [0.1, 0.15) is 11.4 Å². The zero-order valence-corrected chi connectivity index (χ0v) is 13.2. The van der Waals surface area contributed by atoms with E-state index in [1.165, 1.54) is 0 Å². The quantitative estimate of drug-likeness (QED) is 0.796. The summed E-state index contributed by atoms with van der Waals surface area (Å²) in [6, 6.07) is 12.4. The van der Waals surface area contributed by atoms with E-state index in [-0.39, 0.29) is 5.69 Å². The van der Waals surface area contributed by atoms with Gasteiger partial charge in [-0.3, -0.25) is 4.79 Å². The van der Waals surface area contributed by atoms with E-state index in [4.69, 9.17) is 22.1 Å². The van der Waals surface area contributed by atoms with Crippen LogP contribution in [0.3, 0.4) is 0 Å². The van der Waals surface area contributed by atoms with E-state index in [2.05, 4.69) is 9.97 Å². The summed E-state index contributed by atoms with van der Waals surface area (Å²) >= 11 is 6.01. The van der Waals surface area contributed by atoms with Crippen LogP contribution in [0.1, 0.15) is 17.4 Å². The summed E-state index contributed by atoms with van der Waals surface area (Å²) in [6.07, 6.45) is 0. The summed E-state index contributed by atoms with van der Waals surface area (Å²) in [6.45, 7) is 2.51. The Bertz CT molecular complexity index is 879. The van der Waals surface area contributed by atoms with Crippen LogP contribution in [0, 0.1) is 0 Å². The number of hydrogen-bond acceptors (Lipinski definition) is 4. The van der Waals surface area contributed by atoms with E-state index in [1.807, 2.05) is 31.2 Å². The molecule has 3 aromatic rings. The van der Waals surface area contributed by atoms with E-state index in [0.717, 1.165) is 11.3 Å². The van der Waals surface area contributed by atoms with E-state index in [9.17, 15) is 4.79 Å². The number of benzene rings is 2. The molecule has 23 heavy (non-hydrogen) atoms. The van der Waals surface area contributed by atoms with Gasteiger partial charge in [-0.1, -0.05) is 11.6 Å². The second-order valence-electron chi connectivity index (χ2n) is 4.88. The van der Waals surface area contributed by atoms with Crippen molar-refractivity contribution < 1.29 is 9.53 Å². The molecule has 0 saturated heterocycles. The zero-order chi connectivity index (χ0) is 16.4. The maximum Gasteiger partial charge on any atom is 0.268 e. The first kappa shape index (κ1) is 15.2. The van der Waals surface area contributed by atoms with Crippen LogP contribution >= 0.6 is 11.6 Å². The van der Waals surface area contributed by atoms with Crippen LogP contribution in [-0.4, -0.2) is 22.5 Å². The predicted octanol–water partition coefficient (Wildman–Crippen LogP) is 3.45. The Morgan fingerprint density at radius 2 is 1.91 bits per heavy atom. The molecule has 0 aliphatic carbocycles. The Morgan fingerprint density at radius 1 is 1.17 bits per heavy atom. The lowest BCUT2D eigenvalue weighted by Crippen LogP contribution is -2.14. The highest BCUT2D eigenvalue weighted by Crippen LogP contribution is 2.25. The molecule has 0 aliphatic heterocycles. The molecule has 1 aromatic heterocycles. The molecule has 0 unspecified atom stereocenters. The van der Waals surface area contributed by atoms with Crippen molar-refractivity contribution in [1.29, 1.82) is 0 Å². The maximum absolute atomic E-state index is 11.7. The van der Waals surface area contributed by atoms with E-state index >= 15 is 0 Å². The van der Waals surface area contributed by atoms with Gasteiger partial charge in [0.15, 0.2) is 5.82 Å². The number of aromatic nitrogens is 2. The number of primary amides is 1. The van der Waals surface area contributed by atoms with Crippen molar-refractivity contribution in [1.82, 2.24) is 9.97 Å². The SMILES string of the molecule is CCOc1ccc(-c2nc(C(N)=O)c3ccc(Cl)cc3n2)cc1. The molecule has 3 rings (SSSR count). The summed E-state index contributed by atoms with van der Waals surface area (Å²) in [4.78, 5) is 20.5. The lowest BCUT2D eigenvalue weighted by Gasteiger charge is -2.08. The normalized spacial score (nSPS) is 10.7. The average Bonchev–Trinajstić information content (AvgIpc) is 2.54. The number of nitrogens with two attached hydrogens (primary N) is 1. The van der Waals surface area contributed by atoms with Gasteiger partial charge in [0.2, 0.25) is 0 Å². The highest BCUT2D eigenvalue weighted by atomic mass is 35.5. The lowest BCUT2D eigenvalue weighted by molar-refractivity contribution is 0.0997. The first-order valence-electron chi connectivity index (χ1n) is 7.09. The molecule has 0 spiro atoms. The molecule has 116 valence electrons. The van der Waals surface area contributed by atoms with Gasteiger partial charge in [0, 0.05) is 16.0 Å². The van der Waals surface area contributed by atoms with Crippen molar-refractivity contribution in [3.05, 3.63) is 53.2 Å². The fourth-order valence-corrected chi connectivity index (χ4v) is 2.45. The number of nitrogens with zero attached hydrogens (tertiary/aromatic N) is 2. The average molecular weight is 328 g/mol. The Morgan fingerprint density at radius 3 is 2.57 bits per heavy atom. The molecule has 2 aromatic carbocycles. The molecule has 6 heteroatoms. The summed E-state index contributed by atoms with van der Waals surface area (Å²) in [5.74, 6) is 0.568. The maximum atomic E-state index is 11.7. The van der Waals surface area contributed by atoms with Gasteiger partial charge in [-0.05, 0) is 49.4 Å².